The third-order valence-corrected chi connectivity index (χ3v) is 4.65. The first-order valence-electron chi connectivity index (χ1n) is 7.91. The maximum absolute atomic E-state index is 2.42. The molecule has 116 valence electrons. The Labute approximate surface area is 132 Å². The molecule has 22 heavy (non-hydrogen) atoms. The molecule has 2 aromatic heterocycles. The molecule has 2 heterocycles. The average molecular weight is 295 g/mol. The SMILES string of the molecule is CCn1c(C)c(C(c2cccn2C)N(C)C)c2ccccc21. The van der Waals surface area contributed by atoms with Crippen LogP contribution in [0.1, 0.15) is 29.9 Å². The maximum atomic E-state index is 2.42. The van der Waals surface area contributed by atoms with Crippen LogP contribution < -0.4 is 0 Å². The summed E-state index contributed by atoms with van der Waals surface area (Å²) in [5, 5.41) is 1.36. The average Bonchev–Trinajstić information content (AvgIpc) is 3.02. The van der Waals surface area contributed by atoms with E-state index in [0.717, 1.165) is 6.54 Å². The van der Waals surface area contributed by atoms with Crippen LogP contribution in [0, 0.1) is 6.92 Å². The van der Waals surface area contributed by atoms with E-state index in [4.69, 9.17) is 0 Å². The summed E-state index contributed by atoms with van der Waals surface area (Å²) in [6.07, 6.45) is 2.13. The monoisotopic (exact) mass is 295 g/mol. The number of rotatable bonds is 4. The lowest BCUT2D eigenvalue weighted by atomic mass is 9.99. The summed E-state index contributed by atoms with van der Waals surface area (Å²) >= 11 is 0. The molecule has 0 saturated carbocycles. The van der Waals surface area contributed by atoms with Crippen molar-refractivity contribution in [1.82, 2.24) is 14.0 Å². The van der Waals surface area contributed by atoms with Gasteiger partial charge in [-0.2, -0.15) is 0 Å². The minimum Gasteiger partial charge on any atom is -0.353 e. The van der Waals surface area contributed by atoms with Crippen molar-refractivity contribution < 1.29 is 0 Å². The van der Waals surface area contributed by atoms with E-state index in [-0.39, 0.29) is 6.04 Å². The van der Waals surface area contributed by atoms with Crippen molar-refractivity contribution in [1.29, 1.82) is 0 Å². The van der Waals surface area contributed by atoms with Crippen LogP contribution in [0.4, 0.5) is 0 Å². The van der Waals surface area contributed by atoms with Crippen LogP contribution in [-0.4, -0.2) is 28.1 Å². The number of aryl methyl sites for hydroxylation is 2. The lowest BCUT2D eigenvalue weighted by Crippen LogP contribution is -2.23. The standard InChI is InChI=1S/C19H25N3/c1-6-22-14(2)18(15-10-7-8-11-16(15)22)19(20(3)4)17-12-9-13-21(17)5/h7-13,19H,6H2,1-5H3. The molecule has 0 saturated heterocycles. The van der Waals surface area contributed by atoms with Gasteiger partial charge in [0, 0.05) is 47.6 Å². The van der Waals surface area contributed by atoms with Gasteiger partial charge in [-0.05, 0) is 46.1 Å². The number of hydrogen-bond acceptors (Lipinski definition) is 1. The molecule has 3 nitrogen and oxygen atoms in total. The quantitative estimate of drug-likeness (QED) is 0.710. The molecule has 0 bridgehead atoms. The van der Waals surface area contributed by atoms with Crippen molar-refractivity contribution in [2.45, 2.75) is 26.4 Å². The van der Waals surface area contributed by atoms with Gasteiger partial charge in [-0.15, -0.1) is 0 Å². The van der Waals surface area contributed by atoms with E-state index in [9.17, 15) is 0 Å². The number of hydrogen-bond donors (Lipinski definition) is 0. The molecule has 3 heteroatoms. The van der Waals surface area contributed by atoms with Gasteiger partial charge in [0.1, 0.15) is 0 Å². The molecular formula is C19H25N3. The summed E-state index contributed by atoms with van der Waals surface area (Å²) in [5.41, 5.74) is 5.44. The Morgan fingerprint density at radius 1 is 1.09 bits per heavy atom. The van der Waals surface area contributed by atoms with Gasteiger partial charge in [0.15, 0.2) is 0 Å². The zero-order chi connectivity index (χ0) is 15.9. The second kappa shape index (κ2) is 5.65. The van der Waals surface area contributed by atoms with Crippen molar-refractivity contribution in [2.24, 2.45) is 7.05 Å². The van der Waals surface area contributed by atoms with Crippen LogP contribution >= 0.6 is 0 Å². The van der Waals surface area contributed by atoms with E-state index in [1.165, 1.54) is 27.9 Å². The summed E-state index contributed by atoms with van der Waals surface area (Å²) in [7, 11) is 6.45. The highest BCUT2D eigenvalue weighted by atomic mass is 15.1. The van der Waals surface area contributed by atoms with E-state index in [1.54, 1.807) is 0 Å². The first kappa shape index (κ1) is 14.9. The number of aromatic nitrogens is 2. The van der Waals surface area contributed by atoms with Crippen LogP contribution in [0.15, 0.2) is 42.6 Å². The first-order valence-corrected chi connectivity index (χ1v) is 7.91. The van der Waals surface area contributed by atoms with E-state index < -0.39 is 0 Å². The molecule has 0 spiro atoms. The van der Waals surface area contributed by atoms with Crippen LogP contribution in [-0.2, 0) is 13.6 Å². The third-order valence-electron chi connectivity index (χ3n) is 4.65. The number of para-hydroxylation sites is 1. The Kier molecular flexibility index (Phi) is 3.83. The first-order chi connectivity index (χ1) is 10.6. The van der Waals surface area contributed by atoms with Gasteiger partial charge >= 0.3 is 0 Å². The Balaban J connectivity index is 2.32. The predicted molar refractivity (Wildman–Crippen MR) is 93.3 cm³/mol. The number of benzene rings is 1. The molecule has 0 radical (unpaired) electrons. The lowest BCUT2D eigenvalue weighted by Gasteiger charge is -2.26. The highest BCUT2D eigenvalue weighted by Gasteiger charge is 2.25. The minimum atomic E-state index is 0.262. The molecule has 0 aliphatic carbocycles. The Morgan fingerprint density at radius 2 is 1.82 bits per heavy atom. The summed E-state index contributed by atoms with van der Waals surface area (Å²) < 4.78 is 4.65. The van der Waals surface area contributed by atoms with Crippen LogP contribution in [0.3, 0.4) is 0 Å². The number of nitrogens with zero attached hydrogens (tertiary/aromatic N) is 3. The second-order valence-corrected chi connectivity index (χ2v) is 6.17. The molecule has 1 aromatic carbocycles. The largest absolute Gasteiger partial charge is 0.353 e. The van der Waals surface area contributed by atoms with Crippen molar-refractivity contribution in [3.05, 3.63) is 59.5 Å². The van der Waals surface area contributed by atoms with Crippen molar-refractivity contribution in [3.8, 4) is 0 Å². The molecule has 3 rings (SSSR count). The van der Waals surface area contributed by atoms with Crippen LogP contribution in [0.2, 0.25) is 0 Å². The summed E-state index contributed by atoms with van der Waals surface area (Å²) in [6, 6.07) is 13.4. The Morgan fingerprint density at radius 3 is 2.41 bits per heavy atom. The highest BCUT2D eigenvalue weighted by molar-refractivity contribution is 5.86. The second-order valence-electron chi connectivity index (χ2n) is 6.17. The van der Waals surface area contributed by atoms with E-state index in [2.05, 4.69) is 91.6 Å². The Bertz CT molecular complexity index is 792. The van der Waals surface area contributed by atoms with Crippen LogP contribution in [0.25, 0.3) is 10.9 Å². The van der Waals surface area contributed by atoms with E-state index >= 15 is 0 Å². The van der Waals surface area contributed by atoms with Gasteiger partial charge < -0.3 is 9.13 Å². The van der Waals surface area contributed by atoms with Gasteiger partial charge in [0.05, 0.1) is 6.04 Å². The normalized spacial score (nSPS) is 13.2. The topological polar surface area (TPSA) is 13.1 Å². The van der Waals surface area contributed by atoms with Crippen LogP contribution in [0.5, 0.6) is 0 Å². The number of fused-ring (bicyclic) bond motifs is 1. The summed E-state index contributed by atoms with van der Waals surface area (Å²) in [6.45, 7) is 5.47. The molecule has 0 N–H and O–H groups in total. The maximum Gasteiger partial charge on any atom is 0.0774 e. The molecule has 0 aliphatic rings. The van der Waals surface area contributed by atoms with Crippen molar-refractivity contribution >= 4 is 10.9 Å². The zero-order valence-corrected chi connectivity index (χ0v) is 14.2. The van der Waals surface area contributed by atoms with Gasteiger partial charge in [-0.3, -0.25) is 4.90 Å². The Hall–Kier alpha value is -2.00. The fraction of sp³-hybridized carbons (Fsp3) is 0.368. The van der Waals surface area contributed by atoms with E-state index in [1.807, 2.05) is 0 Å². The molecular weight excluding hydrogens is 270 g/mol. The van der Waals surface area contributed by atoms with Crippen molar-refractivity contribution in [3.63, 3.8) is 0 Å². The third kappa shape index (κ3) is 2.17. The molecule has 3 aromatic rings. The van der Waals surface area contributed by atoms with Gasteiger partial charge in [-0.25, -0.2) is 0 Å². The molecule has 1 unspecified atom stereocenters. The van der Waals surface area contributed by atoms with Gasteiger partial charge in [0.25, 0.3) is 0 Å². The molecule has 0 fully saturated rings. The molecule has 0 aliphatic heterocycles. The highest BCUT2D eigenvalue weighted by Crippen LogP contribution is 2.36. The van der Waals surface area contributed by atoms with Gasteiger partial charge in [0.2, 0.25) is 0 Å². The molecule has 1 atom stereocenters. The summed E-state index contributed by atoms with van der Waals surface area (Å²) in [4.78, 5) is 2.31. The lowest BCUT2D eigenvalue weighted by molar-refractivity contribution is 0.331. The fourth-order valence-electron chi connectivity index (χ4n) is 3.64. The zero-order valence-electron chi connectivity index (χ0n) is 14.2. The fourth-order valence-corrected chi connectivity index (χ4v) is 3.64. The molecule has 0 amide bonds. The minimum absolute atomic E-state index is 0.262. The van der Waals surface area contributed by atoms with E-state index in [0.29, 0.717) is 0 Å². The smallest absolute Gasteiger partial charge is 0.0774 e. The van der Waals surface area contributed by atoms with Crippen molar-refractivity contribution in [2.75, 3.05) is 14.1 Å². The summed E-state index contributed by atoms with van der Waals surface area (Å²) in [5.74, 6) is 0. The predicted octanol–water partition coefficient (Wildman–Crippen LogP) is 3.96. The van der Waals surface area contributed by atoms with Gasteiger partial charge in [-0.1, -0.05) is 18.2 Å².